The summed E-state index contributed by atoms with van der Waals surface area (Å²) >= 11 is 0. The van der Waals surface area contributed by atoms with Crippen molar-refractivity contribution in [3.05, 3.63) is 24.3 Å². The van der Waals surface area contributed by atoms with Crippen LogP contribution in [0.4, 0.5) is 5.69 Å². The Balaban J connectivity index is 1.84. The van der Waals surface area contributed by atoms with Crippen LogP contribution >= 0.6 is 0 Å². The second kappa shape index (κ2) is 6.29. The average Bonchev–Trinajstić information content (AvgIpc) is 2.95. The van der Waals surface area contributed by atoms with Crippen molar-refractivity contribution in [1.82, 2.24) is 5.32 Å². The van der Waals surface area contributed by atoms with E-state index in [4.69, 9.17) is 4.74 Å². The van der Waals surface area contributed by atoms with Crippen molar-refractivity contribution in [3.63, 3.8) is 0 Å². The minimum absolute atomic E-state index is 0.0671. The van der Waals surface area contributed by atoms with Crippen LogP contribution < -0.4 is 15.4 Å². The normalized spacial score (nSPS) is 16.2. The van der Waals surface area contributed by atoms with Crippen molar-refractivity contribution in [2.75, 3.05) is 19.0 Å². The fraction of sp³-hybridized carbons (Fsp3) is 0.467. The zero-order valence-electron chi connectivity index (χ0n) is 11.6. The molecule has 0 heterocycles. The summed E-state index contributed by atoms with van der Waals surface area (Å²) in [5, 5.41) is 15.0. The van der Waals surface area contributed by atoms with Crippen molar-refractivity contribution in [2.45, 2.75) is 31.2 Å². The molecule has 1 aliphatic carbocycles. The van der Waals surface area contributed by atoms with Gasteiger partial charge in [-0.3, -0.25) is 4.79 Å². The third-order valence-corrected chi connectivity index (χ3v) is 3.56. The Kier molecular flexibility index (Phi) is 4.46. The SMILES string of the molecule is CNc1ccc(OCC(=O)NC2(C#N)CCCC2)cc1. The lowest BCUT2D eigenvalue weighted by atomic mass is 10.00. The molecular weight excluding hydrogens is 254 g/mol. The summed E-state index contributed by atoms with van der Waals surface area (Å²) in [7, 11) is 1.84. The first-order chi connectivity index (χ1) is 9.67. The monoisotopic (exact) mass is 273 g/mol. The van der Waals surface area contributed by atoms with E-state index < -0.39 is 5.54 Å². The van der Waals surface area contributed by atoms with E-state index in [1.165, 1.54) is 0 Å². The third-order valence-electron chi connectivity index (χ3n) is 3.56. The van der Waals surface area contributed by atoms with Gasteiger partial charge in [-0.05, 0) is 49.9 Å². The molecule has 0 bridgehead atoms. The smallest absolute Gasteiger partial charge is 0.259 e. The van der Waals surface area contributed by atoms with Gasteiger partial charge in [0, 0.05) is 12.7 Å². The summed E-state index contributed by atoms with van der Waals surface area (Å²) in [4.78, 5) is 11.9. The summed E-state index contributed by atoms with van der Waals surface area (Å²) < 4.78 is 5.42. The predicted molar refractivity (Wildman–Crippen MR) is 76.4 cm³/mol. The summed E-state index contributed by atoms with van der Waals surface area (Å²) in [6, 6.07) is 9.58. The largest absolute Gasteiger partial charge is 0.484 e. The number of amides is 1. The molecule has 5 heteroatoms. The van der Waals surface area contributed by atoms with Gasteiger partial charge in [-0.2, -0.15) is 5.26 Å². The Morgan fingerprint density at radius 3 is 2.55 bits per heavy atom. The molecule has 0 aliphatic heterocycles. The minimum Gasteiger partial charge on any atom is -0.484 e. The van der Waals surface area contributed by atoms with Gasteiger partial charge in [-0.25, -0.2) is 0 Å². The first-order valence-electron chi connectivity index (χ1n) is 6.80. The second-order valence-corrected chi connectivity index (χ2v) is 5.01. The lowest BCUT2D eigenvalue weighted by Crippen LogP contribution is -2.47. The number of ether oxygens (including phenoxy) is 1. The van der Waals surface area contributed by atoms with Crippen LogP contribution in [0.3, 0.4) is 0 Å². The van der Waals surface area contributed by atoms with Crippen LogP contribution in [0.1, 0.15) is 25.7 Å². The van der Waals surface area contributed by atoms with Gasteiger partial charge in [-0.1, -0.05) is 0 Å². The van der Waals surface area contributed by atoms with E-state index in [9.17, 15) is 10.1 Å². The number of nitrogens with zero attached hydrogens (tertiary/aromatic N) is 1. The van der Waals surface area contributed by atoms with Crippen molar-refractivity contribution in [1.29, 1.82) is 5.26 Å². The van der Waals surface area contributed by atoms with Crippen molar-refractivity contribution < 1.29 is 9.53 Å². The number of anilines is 1. The van der Waals surface area contributed by atoms with E-state index in [1.54, 1.807) is 12.1 Å². The first-order valence-corrected chi connectivity index (χ1v) is 6.80. The molecule has 5 nitrogen and oxygen atoms in total. The van der Waals surface area contributed by atoms with Crippen LogP contribution in [0, 0.1) is 11.3 Å². The van der Waals surface area contributed by atoms with Gasteiger partial charge in [0.2, 0.25) is 0 Å². The van der Waals surface area contributed by atoms with Crippen LogP contribution in [-0.2, 0) is 4.79 Å². The molecule has 1 aliphatic rings. The summed E-state index contributed by atoms with van der Waals surface area (Å²) in [5.41, 5.74) is 0.298. The Morgan fingerprint density at radius 1 is 1.35 bits per heavy atom. The maximum absolute atomic E-state index is 11.9. The molecule has 106 valence electrons. The Bertz CT molecular complexity index is 499. The van der Waals surface area contributed by atoms with Gasteiger partial charge in [0.05, 0.1) is 6.07 Å². The van der Waals surface area contributed by atoms with Gasteiger partial charge in [-0.15, -0.1) is 0 Å². The highest BCUT2D eigenvalue weighted by Gasteiger charge is 2.35. The van der Waals surface area contributed by atoms with Gasteiger partial charge in [0.25, 0.3) is 5.91 Å². The van der Waals surface area contributed by atoms with E-state index in [-0.39, 0.29) is 12.5 Å². The van der Waals surface area contributed by atoms with Crippen molar-refractivity contribution >= 4 is 11.6 Å². The number of nitriles is 1. The maximum atomic E-state index is 11.9. The molecule has 2 rings (SSSR count). The van der Waals surface area contributed by atoms with E-state index in [1.807, 2.05) is 19.2 Å². The highest BCUT2D eigenvalue weighted by atomic mass is 16.5. The van der Waals surface area contributed by atoms with Crippen molar-refractivity contribution in [2.24, 2.45) is 0 Å². The predicted octanol–water partition coefficient (Wildman–Crippen LogP) is 2.06. The molecule has 0 radical (unpaired) electrons. The molecule has 0 saturated heterocycles. The second-order valence-electron chi connectivity index (χ2n) is 5.01. The molecule has 1 aromatic rings. The zero-order chi connectivity index (χ0) is 14.4. The zero-order valence-corrected chi connectivity index (χ0v) is 11.6. The average molecular weight is 273 g/mol. The number of rotatable bonds is 5. The van der Waals surface area contributed by atoms with E-state index in [0.29, 0.717) is 5.75 Å². The number of carbonyl (C=O) groups is 1. The lowest BCUT2D eigenvalue weighted by Gasteiger charge is -2.21. The number of nitrogens with one attached hydrogen (secondary N) is 2. The maximum Gasteiger partial charge on any atom is 0.259 e. The van der Waals surface area contributed by atoms with E-state index in [2.05, 4.69) is 16.7 Å². The van der Waals surface area contributed by atoms with Gasteiger partial charge < -0.3 is 15.4 Å². The standard InChI is InChI=1S/C15H19N3O2/c1-17-12-4-6-13(7-5-12)20-10-14(19)18-15(11-16)8-2-3-9-15/h4-7,17H,2-3,8-10H2,1H3,(H,18,19). The highest BCUT2D eigenvalue weighted by Crippen LogP contribution is 2.28. The Morgan fingerprint density at radius 2 is 2.00 bits per heavy atom. The van der Waals surface area contributed by atoms with Crippen molar-refractivity contribution in [3.8, 4) is 11.8 Å². The fourth-order valence-corrected chi connectivity index (χ4v) is 2.41. The number of carbonyl (C=O) groups excluding carboxylic acids is 1. The van der Waals surface area contributed by atoms with Gasteiger partial charge in [0.1, 0.15) is 11.3 Å². The fourth-order valence-electron chi connectivity index (χ4n) is 2.41. The quantitative estimate of drug-likeness (QED) is 0.861. The van der Waals surface area contributed by atoms with Gasteiger partial charge in [0.15, 0.2) is 6.61 Å². The highest BCUT2D eigenvalue weighted by molar-refractivity contribution is 5.79. The molecule has 0 aromatic heterocycles. The third kappa shape index (κ3) is 3.41. The molecule has 1 amide bonds. The van der Waals surface area contributed by atoms with Crippen LogP contribution in [0.5, 0.6) is 5.75 Å². The number of benzene rings is 1. The number of hydrogen-bond donors (Lipinski definition) is 2. The van der Waals surface area contributed by atoms with E-state index >= 15 is 0 Å². The Labute approximate surface area is 118 Å². The lowest BCUT2D eigenvalue weighted by molar-refractivity contribution is -0.124. The molecule has 1 saturated carbocycles. The summed E-state index contributed by atoms with van der Waals surface area (Å²) in [6.45, 7) is -0.0671. The topological polar surface area (TPSA) is 74.2 Å². The summed E-state index contributed by atoms with van der Waals surface area (Å²) in [6.07, 6.45) is 3.43. The van der Waals surface area contributed by atoms with E-state index in [0.717, 1.165) is 31.4 Å². The van der Waals surface area contributed by atoms with Crippen LogP contribution in [0.15, 0.2) is 24.3 Å². The Hall–Kier alpha value is -2.22. The molecule has 20 heavy (non-hydrogen) atoms. The first kappa shape index (κ1) is 14.2. The molecule has 2 N–H and O–H groups in total. The minimum atomic E-state index is -0.684. The van der Waals surface area contributed by atoms with Crippen LogP contribution in [0.25, 0.3) is 0 Å². The van der Waals surface area contributed by atoms with Gasteiger partial charge >= 0.3 is 0 Å². The van der Waals surface area contributed by atoms with Crippen LogP contribution in [-0.4, -0.2) is 25.1 Å². The molecule has 0 unspecified atom stereocenters. The molecular formula is C15H19N3O2. The molecule has 0 spiro atoms. The number of hydrogen-bond acceptors (Lipinski definition) is 4. The molecule has 1 aromatic carbocycles. The van der Waals surface area contributed by atoms with Crippen LogP contribution in [0.2, 0.25) is 0 Å². The molecule has 0 atom stereocenters. The summed E-state index contributed by atoms with van der Waals surface area (Å²) in [5.74, 6) is 0.391. The molecule has 1 fully saturated rings.